The van der Waals surface area contributed by atoms with Crippen molar-refractivity contribution in [3.05, 3.63) is 0 Å². The predicted octanol–water partition coefficient (Wildman–Crippen LogP) is 0.240. The average Bonchev–Trinajstić information content (AvgIpc) is 2.76. The minimum Gasteiger partial charge on any atom is -0.465 e. The molecule has 0 unspecified atom stereocenters. The zero-order chi connectivity index (χ0) is 14.3. The summed E-state index contributed by atoms with van der Waals surface area (Å²) in [7, 11) is 0. The molecule has 2 amide bonds. The molecule has 0 bridgehead atoms. The van der Waals surface area contributed by atoms with Crippen molar-refractivity contribution in [2.24, 2.45) is 0 Å². The Morgan fingerprint density at radius 2 is 2.11 bits per heavy atom. The number of hydrogen-bond donors (Lipinski definition) is 0. The molecule has 1 aliphatic heterocycles. The third-order valence-corrected chi connectivity index (χ3v) is 2.62. The fourth-order valence-electron chi connectivity index (χ4n) is 1.82. The van der Waals surface area contributed by atoms with Crippen LogP contribution in [-0.2, 0) is 19.1 Å². The van der Waals surface area contributed by atoms with Crippen molar-refractivity contribution in [2.45, 2.75) is 20.3 Å². The predicted molar refractivity (Wildman–Crippen MR) is 66.4 cm³/mol. The smallest absolute Gasteiger partial charge is 0.416 e. The molecule has 1 heterocycles. The lowest BCUT2D eigenvalue weighted by Gasteiger charge is -2.21. The quantitative estimate of drug-likeness (QED) is 0.618. The highest BCUT2D eigenvalue weighted by atomic mass is 16.6. The SMILES string of the molecule is CCCN(CC(=O)OCC)CC(=O)N1CCOC1=O. The lowest BCUT2D eigenvalue weighted by atomic mass is 10.3. The maximum Gasteiger partial charge on any atom is 0.416 e. The molecule has 1 aliphatic rings. The zero-order valence-corrected chi connectivity index (χ0v) is 11.4. The van der Waals surface area contributed by atoms with Gasteiger partial charge in [0.15, 0.2) is 0 Å². The van der Waals surface area contributed by atoms with Crippen LogP contribution in [0.5, 0.6) is 0 Å². The fraction of sp³-hybridized carbons (Fsp3) is 0.750. The molecule has 0 radical (unpaired) electrons. The Kier molecular flexibility index (Phi) is 6.27. The lowest BCUT2D eigenvalue weighted by molar-refractivity contribution is -0.145. The number of ether oxygens (including phenoxy) is 2. The zero-order valence-electron chi connectivity index (χ0n) is 11.4. The standard InChI is InChI=1S/C12H20N2O5/c1-3-5-13(9-11(16)18-4-2)8-10(15)14-6-7-19-12(14)17/h3-9H2,1-2H3. The van der Waals surface area contributed by atoms with Gasteiger partial charge in [-0.25, -0.2) is 9.69 Å². The van der Waals surface area contributed by atoms with Crippen molar-refractivity contribution >= 4 is 18.0 Å². The van der Waals surface area contributed by atoms with Gasteiger partial charge in [-0.05, 0) is 19.9 Å². The molecule has 0 saturated carbocycles. The van der Waals surface area contributed by atoms with Crippen LogP contribution in [0.25, 0.3) is 0 Å². The number of imide groups is 1. The van der Waals surface area contributed by atoms with E-state index in [9.17, 15) is 14.4 Å². The number of carbonyl (C=O) groups is 3. The van der Waals surface area contributed by atoms with Crippen molar-refractivity contribution in [2.75, 3.05) is 39.4 Å². The Bertz CT molecular complexity index is 345. The number of carbonyl (C=O) groups excluding carboxylic acids is 3. The van der Waals surface area contributed by atoms with Gasteiger partial charge in [-0.15, -0.1) is 0 Å². The Labute approximate surface area is 112 Å². The normalized spacial score (nSPS) is 14.7. The van der Waals surface area contributed by atoms with E-state index in [1.165, 1.54) is 0 Å². The first-order chi connectivity index (χ1) is 9.08. The molecule has 7 nitrogen and oxygen atoms in total. The summed E-state index contributed by atoms with van der Waals surface area (Å²) in [5, 5.41) is 0. The molecular weight excluding hydrogens is 252 g/mol. The molecule has 1 rings (SSSR count). The number of esters is 1. The summed E-state index contributed by atoms with van der Waals surface area (Å²) in [6.45, 7) is 5.16. The number of amides is 2. The van der Waals surface area contributed by atoms with E-state index in [2.05, 4.69) is 0 Å². The van der Waals surface area contributed by atoms with Crippen molar-refractivity contribution in [1.29, 1.82) is 0 Å². The summed E-state index contributed by atoms with van der Waals surface area (Å²) in [4.78, 5) is 37.3. The molecule has 19 heavy (non-hydrogen) atoms. The molecule has 0 N–H and O–H groups in total. The van der Waals surface area contributed by atoms with Crippen LogP contribution in [-0.4, -0.2) is 67.2 Å². The molecule has 7 heteroatoms. The third-order valence-electron chi connectivity index (χ3n) is 2.62. The molecule has 1 fully saturated rings. The van der Waals surface area contributed by atoms with Crippen LogP contribution in [0.3, 0.4) is 0 Å². The average molecular weight is 272 g/mol. The highest BCUT2D eigenvalue weighted by molar-refractivity contribution is 5.94. The van der Waals surface area contributed by atoms with Crippen LogP contribution in [0.15, 0.2) is 0 Å². The van der Waals surface area contributed by atoms with Gasteiger partial charge in [0.25, 0.3) is 0 Å². The minimum absolute atomic E-state index is 0.0156. The van der Waals surface area contributed by atoms with Crippen LogP contribution >= 0.6 is 0 Å². The van der Waals surface area contributed by atoms with Crippen molar-refractivity contribution in [3.8, 4) is 0 Å². The van der Waals surface area contributed by atoms with Crippen LogP contribution in [0.4, 0.5) is 4.79 Å². The van der Waals surface area contributed by atoms with E-state index in [-0.39, 0.29) is 38.1 Å². The Hall–Kier alpha value is -1.63. The second-order valence-electron chi connectivity index (χ2n) is 4.18. The second kappa shape index (κ2) is 7.73. The van der Waals surface area contributed by atoms with Crippen LogP contribution < -0.4 is 0 Å². The highest BCUT2D eigenvalue weighted by Crippen LogP contribution is 2.05. The van der Waals surface area contributed by atoms with Gasteiger partial charge in [0.1, 0.15) is 6.61 Å². The van der Waals surface area contributed by atoms with Crippen molar-refractivity contribution in [3.63, 3.8) is 0 Å². The van der Waals surface area contributed by atoms with Gasteiger partial charge in [0.05, 0.1) is 26.2 Å². The summed E-state index contributed by atoms with van der Waals surface area (Å²) < 4.78 is 9.55. The molecule has 0 atom stereocenters. The van der Waals surface area contributed by atoms with E-state index in [0.29, 0.717) is 13.2 Å². The molecule has 0 aromatic carbocycles. The van der Waals surface area contributed by atoms with Crippen LogP contribution in [0.2, 0.25) is 0 Å². The Morgan fingerprint density at radius 1 is 1.37 bits per heavy atom. The number of cyclic esters (lactones) is 1. The topological polar surface area (TPSA) is 76.2 Å². The highest BCUT2D eigenvalue weighted by Gasteiger charge is 2.29. The third kappa shape index (κ3) is 4.86. The van der Waals surface area contributed by atoms with E-state index in [0.717, 1.165) is 11.3 Å². The first-order valence-electron chi connectivity index (χ1n) is 6.43. The van der Waals surface area contributed by atoms with Crippen LogP contribution in [0.1, 0.15) is 20.3 Å². The van der Waals surface area contributed by atoms with Gasteiger partial charge in [0.2, 0.25) is 5.91 Å². The lowest BCUT2D eigenvalue weighted by Crippen LogP contribution is -2.43. The minimum atomic E-state index is -0.613. The van der Waals surface area contributed by atoms with Gasteiger partial charge in [0, 0.05) is 0 Å². The molecule has 108 valence electrons. The number of nitrogens with zero attached hydrogens (tertiary/aromatic N) is 2. The van der Waals surface area contributed by atoms with E-state index in [4.69, 9.17) is 9.47 Å². The van der Waals surface area contributed by atoms with E-state index in [1.54, 1.807) is 11.8 Å². The largest absolute Gasteiger partial charge is 0.465 e. The molecule has 0 aliphatic carbocycles. The van der Waals surface area contributed by atoms with Crippen LogP contribution in [0, 0.1) is 0 Å². The van der Waals surface area contributed by atoms with E-state index < -0.39 is 6.09 Å². The summed E-state index contributed by atoms with van der Waals surface area (Å²) in [5.41, 5.74) is 0. The van der Waals surface area contributed by atoms with Crippen molar-refractivity contribution < 1.29 is 23.9 Å². The van der Waals surface area contributed by atoms with E-state index in [1.807, 2.05) is 6.92 Å². The number of hydrogen-bond acceptors (Lipinski definition) is 6. The molecular formula is C12H20N2O5. The monoisotopic (exact) mass is 272 g/mol. The molecule has 0 aromatic heterocycles. The van der Waals surface area contributed by atoms with Gasteiger partial charge in [-0.2, -0.15) is 0 Å². The van der Waals surface area contributed by atoms with Gasteiger partial charge < -0.3 is 9.47 Å². The summed E-state index contributed by atoms with van der Waals surface area (Å²) in [5.74, 6) is -0.715. The van der Waals surface area contributed by atoms with Gasteiger partial charge in [-0.1, -0.05) is 6.92 Å². The Balaban J connectivity index is 2.49. The number of rotatable bonds is 7. The summed E-state index contributed by atoms with van der Waals surface area (Å²) in [6.07, 6.45) is 0.189. The second-order valence-corrected chi connectivity index (χ2v) is 4.18. The Morgan fingerprint density at radius 3 is 2.63 bits per heavy atom. The maximum atomic E-state index is 11.9. The summed E-state index contributed by atoms with van der Waals surface area (Å²) in [6, 6.07) is 0. The maximum absolute atomic E-state index is 11.9. The van der Waals surface area contributed by atoms with E-state index >= 15 is 0 Å². The van der Waals surface area contributed by atoms with Gasteiger partial charge >= 0.3 is 12.1 Å². The molecule has 0 spiro atoms. The van der Waals surface area contributed by atoms with Gasteiger partial charge in [-0.3, -0.25) is 14.5 Å². The first kappa shape index (κ1) is 15.4. The molecule has 1 saturated heterocycles. The van der Waals surface area contributed by atoms with Crippen molar-refractivity contribution in [1.82, 2.24) is 9.80 Å². The summed E-state index contributed by atoms with van der Waals surface area (Å²) >= 11 is 0. The fourth-order valence-corrected chi connectivity index (χ4v) is 1.82. The first-order valence-corrected chi connectivity index (χ1v) is 6.43. The molecule has 0 aromatic rings.